The van der Waals surface area contributed by atoms with Crippen LogP contribution in [0.25, 0.3) is 0 Å². The molecule has 14 heavy (non-hydrogen) atoms. The summed E-state index contributed by atoms with van der Waals surface area (Å²) >= 11 is 0. The molecule has 0 aromatic rings. The van der Waals surface area contributed by atoms with Crippen molar-refractivity contribution >= 4 is 0 Å². The molecule has 0 unspecified atom stereocenters. The minimum atomic E-state index is 0.935. The zero-order valence-corrected chi connectivity index (χ0v) is 10.1. The van der Waals surface area contributed by atoms with Crippen molar-refractivity contribution in [1.29, 1.82) is 0 Å². The second kappa shape index (κ2) is 11.1. The average molecular weight is 196 g/mol. The summed E-state index contributed by atoms with van der Waals surface area (Å²) in [5.41, 5.74) is 0. The van der Waals surface area contributed by atoms with Gasteiger partial charge in [-0.15, -0.1) is 0 Å². The second-order valence-electron chi connectivity index (χ2n) is 4.51. The normalized spacial score (nSPS) is 11.1. The molecule has 0 heteroatoms. The fraction of sp³-hybridized carbons (Fsp3) is 0.857. The van der Waals surface area contributed by atoms with Gasteiger partial charge in [0.2, 0.25) is 0 Å². The molecule has 0 aliphatic carbocycles. The smallest absolute Gasteiger partial charge is 0.0443 e. The summed E-state index contributed by atoms with van der Waals surface area (Å²) in [6.45, 7) is 10.1. The summed E-state index contributed by atoms with van der Waals surface area (Å²) in [5.74, 6) is 0.935. The van der Waals surface area contributed by atoms with Crippen molar-refractivity contribution in [3.05, 3.63) is 13.8 Å². The van der Waals surface area contributed by atoms with Crippen LogP contribution in [0.4, 0.5) is 0 Å². The first-order chi connectivity index (χ1) is 6.81. The Morgan fingerprint density at radius 3 is 1.50 bits per heavy atom. The van der Waals surface area contributed by atoms with Crippen LogP contribution in [0.1, 0.15) is 71.1 Å². The minimum absolute atomic E-state index is 0.935. The second-order valence-corrected chi connectivity index (χ2v) is 4.51. The SMILES string of the molecule is [CH2]CCCCCC(C)CCCCC[CH2]. The van der Waals surface area contributed by atoms with Crippen LogP contribution in [-0.4, -0.2) is 0 Å². The zero-order valence-electron chi connectivity index (χ0n) is 10.1. The highest BCUT2D eigenvalue weighted by Gasteiger charge is 2.01. The highest BCUT2D eigenvalue weighted by molar-refractivity contribution is 4.55. The van der Waals surface area contributed by atoms with E-state index in [2.05, 4.69) is 20.8 Å². The molecule has 0 bridgehead atoms. The van der Waals surface area contributed by atoms with Crippen LogP contribution in [0.5, 0.6) is 0 Å². The first-order valence-corrected chi connectivity index (χ1v) is 6.39. The minimum Gasteiger partial charge on any atom is -0.0625 e. The van der Waals surface area contributed by atoms with Crippen LogP contribution < -0.4 is 0 Å². The third kappa shape index (κ3) is 10.1. The summed E-state index contributed by atoms with van der Waals surface area (Å²) in [7, 11) is 0. The van der Waals surface area contributed by atoms with E-state index in [0.717, 1.165) is 18.8 Å². The predicted octanol–water partition coefficient (Wildman–Crippen LogP) is 5.19. The molecule has 0 aliphatic heterocycles. The van der Waals surface area contributed by atoms with Gasteiger partial charge in [0.05, 0.1) is 0 Å². The topological polar surface area (TPSA) is 0 Å². The molecule has 2 radical (unpaired) electrons. The van der Waals surface area contributed by atoms with E-state index in [1.165, 1.54) is 51.4 Å². The molecule has 84 valence electrons. The fourth-order valence-corrected chi connectivity index (χ4v) is 1.84. The van der Waals surface area contributed by atoms with Gasteiger partial charge in [-0.3, -0.25) is 0 Å². The third-order valence-corrected chi connectivity index (χ3v) is 2.89. The molecule has 0 aromatic heterocycles. The Kier molecular flexibility index (Phi) is 11.1. The lowest BCUT2D eigenvalue weighted by Gasteiger charge is -2.10. The first kappa shape index (κ1) is 14.0. The quantitative estimate of drug-likeness (QED) is 0.422. The van der Waals surface area contributed by atoms with Gasteiger partial charge < -0.3 is 0 Å². The molecule has 0 saturated carbocycles. The number of unbranched alkanes of at least 4 members (excludes halogenated alkanes) is 6. The lowest BCUT2D eigenvalue weighted by atomic mass is 9.96. The van der Waals surface area contributed by atoms with Crippen LogP contribution in [0.15, 0.2) is 0 Å². The van der Waals surface area contributed by atoms with Crippen molar-refractivity contribution in [2.24, 2.45) is 5.92 Å². The summed E-state index contributed by atoms with van der Waals surface area (Å²) in [6.07, 6.45) is 13.3. The predicted molar refractivity (Wildman–Crippen MR) is 66.0 cm³/mol. The van der Waals surface area contributed by atoms with Gasteiger partial charge >= 0.3 is 0 Å². The Hall–Kier alpha value is 0. The number of hydrogen-bond acceptors (Lipinski definition) is 0. The monoisotopic (exact) mass is 196 g/mol. The molecule has 0 aromatic carbocycles. The van der Waals surface area contributed by atoms with Gasteiger partial charge in [-0.05, 0) is 5.92 Å². The van der Waals surface area contributed by atoms with Gasteiger partial charge in [-0.1, -0.05) is 85.0 Å². The molecule has 0 amide bonds. The van der Waals surface area contributed by atoms with Crippen LogP contribution in [0.2, 0.25) is 0 Å². The summed E-state index contributed by atoms with van der Waals surface area (Å²) in [5, 5.41) is 0. The molecular weight excluding hydrogens is 168 g/mol. The molecule has 0 nitrogen and oxygen atoms in total. The van der Waals surface area contributed by atoms with Crippen molar-refractivity contribution in [2.75, 3.05) is 0 Å². The van der Waals surface area contributed by atoms with Gasteiger partial charge in [-0.2, -0.15) is 0 Å². The molecule has 0 N–H and O–H groups in total. The van der Waals surface area contributed by atoms with E-state index < -0.39 is 0 Å². The molecule has 0 heterocycles. The van der Waals surface area contributed by atoms with E-state index in [-0.39, 0.29) is 0 Å². The molecular formula is C14H28. The van der Waals surface area contributed by atoms with Gasteiger partial charge in [0.15, 0.2) is 0 Å². The van der Waals surface area contributed by atoms with Crippen molar-refractivity contribution < 1.29 is 0 Å². The molecule has 0 spiro atoms. The van der Waals surface area contributed by atoms with Crippen molar-refractivity contribution in [3.8, 4) is 0 Å². The zero-order chi connectivity index (χ0) is 10.6. The lowest BCUT2D eigenvalue weighted by molar-refractivity contribution is 0.438. The fourth-order valence-electron chi connectivity index (χ4n) is 1.84. The maximum absolute atomic E-state index is 3.87. The Balaban J connectivity index is 3.07. The van der Waals surface area contributed by atoms with Crippen LogP contribution in [0.3, 0.4) is 0 Å². The van der Waals surface area contributed by atoms with Crippen LogP contribution >= 0.6 is 0 Å². The Morgan fingerprint density at radius 1 is 0.714 bits per heavy atom. The van der Waals surface area contributed by atoms with Crippen LogP contribution in [-0.2, 0) is 0 Å². The van der Waals surface area contributed by atoms with E-state index in [0.29, 0.717) is 0 Å². The summed E-state index contributed by atoms with van der Waals surface area (Å²) in [6, 6.07) is 0. The largest absolute Gasteiger partial charge is 0.0625 e. The summed E-state index contributed by atoms with van der Waals surface area (Å²) in [4.78, 5) is 0. The molecule has 0 atom stereocenters. The molecule has 0 fully saturated rings. The lowest BCUT2D eigenvalue weighted by Crippen LogP contribution is -1.94. The van der Waals surface area contributed by atoms with E-state index in [1.54, 1.807) is 0 Å². The molecule has 0 saturated heterocycles. The Labute approximate surface area is 91.5 Å². The van der Waals surface area contributed by atoms with Gasteiger partial charge in [0.25, 0.3) is 0 Å². The van der Waals surface area contributed by atoms with E-state index >= 15 is 0 Å². The standard InChI is InChI=1S/C14H28/c1-4-6-8-10-12-14(3)13-11-9-7-5-2/h14H,1-2,4-13H2,3H3. The number of rotatable bonds is 10. The van der Waals surface area contributed by atoms with E-state index in [1.807, 2.05) is 0 Å². The highest BCUT2D eigenvalue weighted by Crippen LogP contribution is 2.17. The van der Waals surface area contributed by atoms with Crippen LogP contribution in [0, 0.1) is 19.8 Å². The third-order valence-electron chi connectivity index (χ3n) is 2.89. The van der Waals surface area contributed by atoms with Crippen molar-refractivity contribution in [1.82, 2.24) is 0 Å². The van der Waals surface area contributed by atoms with Gasteiger partial charge in [-0.25, -0.2) is 0 Å². The average Bonchev–Trinajstić information content (AvgIpc) is 2.19. The molecule has 0 rings (SSSR count). The van der Waals surface area contributed by atoms with Crippen molar-refractivity contribution in [3.63, 3.8) is 0 Å². The maximum Gasteiger partial charge on any atom is -0.0443 e. The van der Waals surface area contributed by atoms with Gasteiger partial charge in [0, 0.05) is 0 Å². The first-order valence-electron chi connectivity index (χ1n) is 6.39. The Bertz CT molecular complexity index is 84.2. The Morgan fingerprint density at radius 2 is 1.14 bits per heavy atom. The maximum atomic E-state index is 3.87. The van der Waals surface area contributed by atoms with E-state index in [4.69, 9.17) is 0 Å². The highest BCUT2D eigenvalue weighted by atomic mass is 14.1. The summed E-state index contributed by atoms with van der Waals surface area (Å²) < 4.78 is 0. The van der Waals surface area contributed by atoms with E-state index in [9.17, 15) is 0 Å². The molecule has 0 aliphatic rings. The number of hydrogen-bond donors (Lipinski definition) is 0. The van der Waals surface area contributed by atoms with Gasteiger partial charge in [0.1, 0.15) is 0 Å². The van der Waals surface area contributed by atoms with Crippen molar-refractivity contribution in [2.45, 2.75) is 71.1 Å².